The number of carboxylic acid groups (broad SMARTS) is 1. The second-order valence-corrected chi connectivity index (χ2v) is 4.61. The highest BCUT2D eigenvalue weighted by Gasteiger charge is 2.15. The number of carboxylic acids is 1. The molecule has 0 saturated heterocycles. The van der Waals surface area contributed by atoms with Gasteiger partial charge in [-0.1, -0.05) is 6.07 Å². The van der Waals surface area contributed by atoms with Crippen LogP contribution in [-0.2, 0) is 18.3 Å². The van der Waals surface area contributed by atoms with Gasteiger partial charge in [0.05, 0.1) is 23.9 Å². The Morgan fingerprint density at radius 1 is 1.43 bits per heavy atom. The summed E-state index contributed by atoms with van der Waals surface area (Å²) in [5, 5.41) is 15.0. The molecule has 0 aliphatic heterocycles. The van der Waals surface area contributed by atoms with Crippen molar-refractivity contribution in [3.05, 3.63) is 47.0 Å². The van der Waals surface area contributed by atoms with Crippen LogP contribution in [0.1, 0.15) is 21.6 Å². The lowest BCUT2D eigenvalue weighted by atomic mass is 10.1. The summed E-state index contributed by atoms with van der Waals surface area (Å²) >= 11 is 0. The van der Waals surface area contributed by atoms with Crippen LogP contribution < -0.4 is 5.32 Å². The first-order valence-electron chi connectivity index (χ1n) is 6.18. The number of aliphatic carboxylic acids is 1. The topological polar surface area (TPSA) is 84.2 Å². The molecule has 1 amide bonds. The molecule has 2 rings (SSSR count). The fourth-order valence-corrected chi connectivity index (χ4v) is 1.86. The number of hydrogen-bond donors (Lipinski definition) is 2. The molecule has 1 aromatic heterocycles. The maximum atomic E-state index is 13.9. The normalized spacial score (nSPS) is 10.4. The Labute approximate surface area is 120 Å². The Morgan fingerprint density at radius 3 is 2.67 bits per heavy atom. The van der Waals surface area contributed by atoms with Crippen molar-refractivity contribution in [2.24, 2.45) is 7.05 Å². The first kappa shape index (κ1) is 14.7. The van der Waals surface area contributed by atoms with Gasteiger partial charge in [-0.05, 0) is 24.6 Å². The molecular formula is C14H14FN3O3. The van der Waals surface area contributed by atoms with Crippen LogP contribution in [0.25, 0.3) is 0 Å². The Hall–Kier alpha value is -2.70. The lowest BCUT2D eigenvalue weighted by Gasteiger charge is -2.07. The van der Waals surface area contributed by atoms with Gasteiger partial charge in [0.25, 0.3) is 5.91 Å². The minimum atomic E-state index is -1.04. The van der Waals surface area contributed by atoms with Gasteiger partial charge in [-0.3, -0.25) is 14.3 Å². The molecule has 0 spiro atoms. The monoisotopic (exact) mass is 291 g/mol. The van der Waals surface area contributed by atoms with Crippen LogP contribution in [0.5, 0.6) is 0 Å². The van der Waals surface area contributed by atoms with Crippen LogP contribution in [0, 0.1) is 12.7 Å². The molecular weight excluding hydrogens is 277 g/mol. The van der Waals surface area contributed by atoms with Crippen LogP contribution in [0.4, 0.5) is 10.1 Å². The van der Waals surface area contributed by atoms with Crippen LogP contribution in [0.2, 0.25) is 0 Å². The molecule has 0 bridgehead atoms. The van der Waals surface area contributed by atoms with Crippen LogP contribution in [-0.4, -0.2) is 26.8 Å². The minimum absolute atomic E-state index is 0.00241. The highest BCUT2D eigenvalue weighted by Crippen LogP contribution is 2.18. The maximum Gasteiger partial charge on any atom is 0.307 e. The van der Waals surface area contributed by atoms with Gasteiger partial charge in [-0.25, -0.2) is 4.39 Å². The standard InChI is InChI=1S/C14H14FN3O3/c1-8-10(7-16-18(8)2)14(21)17-12-4-3-9(5-11(12)15)6-13(19)20/h3-5,7H,6H2,1-2H3,(H,17,21)(H,19,20). The number of anilines is 1. The Kier molecular flexibility index (Phi) is 4.02. The molecule has 0 radical (unpaired) electrons. The Balaban J connectivity index is 2.18. The minimum Gasteiger partial charge on any atom is -0.481 e. The summed E-state index contributed by atoms with van der Waals surface area (Å²) in [4.78, 5) is 22.6. The van der Waals surface area contributed by atoms with Crippen molar-refractivity contribution < 1.29 is 19.1 Å². The predicted molar refractivity (Wildman–Crippen MR) is 73.6 cm³/mol. The summed E-state index contributed by atoms with van der Waals surface area (Å²) in [6.07, 6.45) is 1.13. The van der Waals surface area contributed by atoms with Gasteiger partial charge in [0, 0.05) is 12.7 Å². The van der Waals surface area contributed by atoms with Gasteiger partial charge in [-0.2, -0.15) is 5.10 Å². The van der Waals surface area contributed by atoms with E-state index in [9.17, 15) is 14.0 Å². The number of nitrogens with one attached hydrogen (secondary N) is 1. The lowest BCUT2D eigenvalue weighted by Crippen LogP contribution is -2.14. The van der Waals surface area contributed by atoms with Crippen molar-refractivity contribution in [1.29, 1.82) is 0 Å². The largest absolute Gasteiger partial charge is 0.481 e. The van der Waals surface area contributed by atoms with Crippen molar-refractivity contribution >= 4 is 17.6 Å². The molecule has 0 aliphatic carbocycles. The molecule has 0 aliphatic rings. The van der Waals surface area contributed by atoms with E-state index >= 15 is 0 Å². The Bertz CT molecular complexity index is 709. The number of amides is 1. The van der Waals surface area contributed by atoms with Gasteiger partial charge >= 0.3 is 5.97 Å². The quantitative estimate of drug-likeness (QED) is 0.898. The molecule has 110 valence electrons. The van der Waals surface area contributed by atoms with Gasteiger partial charge < -0.3 is 10.4 Å². The van der Waals surface area contributed by atoms with E-state index in [2.05, 4.69) is 10.4 Å². The van der Waals surface area contributed by atoms with Crippen LogP contribution in [0.15, 0.2) is 24.4 Å². The summed E-state index contributed by atoms with van der Waals surface area (Å²) < 4.78 is 15.4. The van der Waals surface area contributed by atoms with Crippen LogP contribution in [0.3, 0.4) is 0 Å². The van der Waals surface area contributed by atoms with Crippen molar-refractivity contribution in [2.75, 3.05) is 5.32 Å². The average Bonchev–Trinajstić information content (AvgIpc) is 2.72. The van der Waals surface area contributed by atoms with Crippen molar-refractivity contribution in [3.8, 4) is 0 Å². The second-order valence-electron chi connectivity index (χ2n) is 4.61. The number of aromatic nitrogens is 2. The summed E-state index contributed by atoms with van der Waals surface area (Å²) in [5.41, 5.74) is 1.34. The molecule has 1 aromatic carbocycles. The second kappa shape index (κ2) is 5.74. The van der Waals surface area contributed by atoms with Crippen molar-refractivity contribution in [1.82, 2.24) is 9.78 Å². The number of nitrogens with zero attached hydrogens (tertiary/aromatic N) is 2. The van der Waals surface area contributed by atoms with Crippen LogP contribution >= 0.6 is 0 Å². The third-order valence-corrected chi connectivity index (χ3v) is 3.12. The number of halogens is 1. The molecule has 0 unspecified atom stereocenters. The van der Waals surface area contributed by atoms with Crippen molar-refractivity contribution in [3.63, 3.8) is 0 Å². The van der Waals surface area contributed by atoms with Gasteiger partial charge in [0.15, 0.2) is 0 Å². The van der Waals surface area contributed by atoms with E-state index < -0.39 is 17.7 Å². The first-order chi connectivity index (χ1) is 9.88. The maximum absolute atomic E-state index is 13.9. The van der Waals surface area contributed by atoms with Crippen molar-refractivity contribution in [2.45, 2.75) is 13.3 Å². The zero-order chi connectivity index (χ0) is 15.6. The molecule has 6 nitrogen and oxygen atoms in total. The number of hydrogen-bond acceptors (Lipinski definition) is 3. The summed E-state index contributed by atoms with van der Waals surface area (Å²) in [7, 11) is 1.70. The molecule has 7 heteroatoms. The predicted octanol–water partition coefficient (Wildman–Crippen LogP) is 1.75. The van der Waals surface area contributed by atoms with E-state index in [-0.39, 0.29) is 12.1 Å². The highest BCUT2D eigenvalue weighted by molar-refractivity contribution is 6.04. The fraction of sp³-hybridized carbons (Fsp3) is 0.214. The van der Waals surface area contributed by atoms with E-state index in [1.807, 2.05) is 0 Å². The molecule has 0 saturated carbocycles. The molecule has 2 N–H and O–H groups in total. The summed E-state index contributed by atoms with van der Waals surface area (Å²) in [6.45, 7) is 1.73. The number of benzene rings is 1. The third-order valence-electron chi connectivity index (χ3n) is 3.12. The van der Waals surface area contributed by atoms with E-state index in [1.165, 1.54) is 18.3 Å². The highest BCUT2D eigenvalue weighted by atomic mass is 19.1. The average molecular weight is 291 g/mol. The van der Waals surface area contributed by atoms with E-state index in [1.54, 1.807) is 18.7 Å². The molecule has 21 heavy (non-hydrogen) atoms. The summed E-state index contributed by atoms with van der Waals surface area (Å²) in [5.74, 6) is -2.19. The van der Waals surface area contributed by atoms with Gasteiger partial charge in [0.1, 0.15) is 5.82 Å². The number of carbonyl (C=O) groups is 2. The molecule has 0 atom stereocenters. The molecule has 2 aromatic rings. The third kappa shape index (κ3) is 3.25. The number of aryl methyl sites for hydroxylation is 1. The lowest BCUT2D eigenvalue weighted by molar-refractivity contribution is -0.136. The zero-order valence-electron chi connectivity index (χ0n) is 11.6. The van der Waals surface area contributed by atoms with Gasteiger partial charge in [-0.15, -0.1) is 0 Å². The number of carbonyl (C=O) groups excluding carboxylic acids is 1. The fourth-order valence-electron chi connectivity index (χ4n) is 1.86. The van der Waals surface area contributed by atoms with E-state index in [0.29, 0.717) is 16.8 Å². The first-order valence-corrected chi connectivity index (χ1v) is 6.18. The van der Waals surface area contributed by atoms with E-state index in [4.69, 9.17) is 5.11 Å². The SMILES string of the molecule is Cc1c(C(=O)Nc2ccc(CC(=O)O)cc2F)cnn1C. The summed E-state index contributed by atoms with van der Waals surface area (Å²) in [6, 6.07) is 3.90. The number of rotatable bonds is 4. The smallest absolute Gasteiger partial charge is 0.307 e. The molecule has 0 fully saturated rings. The van der Waals surface area contributed by atoms with E-state index in [0.717, 1.165) is 6.07 Å². The zero-order valence-corrected chi connectivity index (χ0v) is 11.6. The van der Waals surface area contributed by atoms with Gasteiger partial charge in [0.2, 0.25) is 0 Å². The Morgan fingerprint density at radius 2 is 2.14 bits per heavy atom. The molecule has 1 heterocycles.